The van der Waals surface area contributed by atoms with Gasteiger partial charge in [-0.15, -0.1) is 0 Å². The molecule has 2 amide bonds. The average molecular weight is 262 g/mol. The second kappa shape index (κ2) is 6.33. The number of benzene rings is 1. The lowest BCUT2D eigenvalue weighted by Gasteiger charge is -2.09. The van der Waals surface area contributed by atoms with Gasteiger partial charge in [-0.3, -0.25) is 9.59 Å². The molecule has 102 valence electrons. The lowest BCUT2D eigenvalue weighted by atomic mass is 10.0. The highest BCUT2D eigenvalue weighted by Crippen LogP contribution is 2.23. The third-order valence-electron chi connectivity index (χ3n) is 3.08. The molecule has 2 N–H and O–H groups in total. The predicted molar refractivity (Wildman–Crippen MR) is 72.2 cm³/mol. The Balaban J connectivity index is 2.09. The molecule has 0 bridgehead atoms. The number of carbonyl (C=O) groups excluding carboxylic acids is 2. The molecule has 2 rings (SSSR count). The average Bonchev–Trinajstić information content (AvgIpc) is 2.58. The number of nitrogens with one attached hydrogen (secondary N) is 2. The summed E-state index contributed by atoms with van der Waals surface area (Å²) >= 11 is 0. The molecule has 5 nitrogen and oxygen atoms in total. The number of hydrogen-bond acceptors (Lipinski definition) is 3. The molecule has 19 heavy (non-hydrogen) atoms. The van der Waals surface area contributed by atoms with Gasteiger partial charge in [0.05, 0.1) is 6.61 Å². The zero-order valence-corrected chi connectivity index (χ0v) is 11.0. The summed E-state index contributed by atoms with van der Waals surface area (Å²) in [5.74, 6) is -0.0773. The van der Waals surface area contributed by atoms with Gasteiger partial charge >= 0.3 is 0 Å². The fourth-order valence-corrected chi connectivity index (χ4v) is 2.08. The SMILES string of the molecule is COCCNC(=O)c1ccc2c(c1)CCCC(=O)N2. The van der Waals surface area contributed by atoms with E-state index < -0.39 is 0 Å². The molecule has 0 aromatic heterocycles. The topological polar surface area (TPSA) is 67.4 Å². The Morgan fingerprint density at radius 3 is 3.05 bits per heavy atom. The second-order valence-electron chi connectivity index (χ2n) is 4.52. The maximum absolute atomic E-state index is 11.9. The van der Waals surface area contributed by atoms with Crippen LogP contribution in [0.5, 0.6) is 0 Å². The van der Waals surface area contributed by atoms with Crippen LogP contribution in [0.2, 0.25) is 0 Å². The fourth-order valence-electron chi connectivity index (χ4n) is 2.08. The molecule has 1 aromatic rings. The van der Waals surface area contributed by atoms with Crippen molar-refractivity contribution in [3.63, 3.8) is 0 Å². The maximum atomic E-state index is 11.9. The van der Waals surface area contributed by atoms with Crippen LogP contribution in [0.25, 0.3) is 0 Å². The Hall–Kier alpha value is -1.88. The van der Waals surface area contributed by atoms with Crippen LogP contribution >= 0.6 is 0 Å². The Labute approximate surface area is 112 Å². The van der Waals surface area contributed by atoms with Crippen molar-refractivity contribution in [2.75, 3.05) is 25.6 Å². The molecule has 1 aliphatic heterocycles. The summed E-state index contributed by atoms with van der Waals surface area (Å²) in [5.41, 5.74) is 2.45. The zero-order valence-electron chi connectivity index (χ0n) is 11.0. The van der Waals surface area contributed by atoms with Crippen molar-refractivity contribution in [1.29, 1.82) is 0 Å². The minimum atomic E-state index is -0.115. The van der Waals surface area contributed by atoms with E-state index >= 15 is 0 Å². The Morgan fingerprint density at radius 2 is 2.26 bits per heavy atom. The van der Waals surface area contributed by atoms with Gasteiger partial charge in [0.25, 0.3) is 5.91 Å². The van der Waals surface area contributed by atoms with Crippen molar-refractivity contribution in [3.8, 4) is 0 Å². The summed E-state index contributed by atoms with van der Waals surface area (Å²) in [7, 11) is 1.59. The number of carbonyl (C=O) groups is 2. The van der Waals surface area contributed by atoms with Gasteiger partial charge in [0, 0.05) is 31.3 Å². The maximum Gasteiger partial charge on any atom is 0.251 e. The van der Waals surface area contributed by atoms with Gasteiger partial charge in [0.15, 0.2) is 0 Å². The molecule has 0 saturated heterocycles. The van der Waals surface area contributed by atoms with Crippen LogP contribution in [0.3, 0.4) is 0 Å². The van der Waals surface area contributed by atoms with Crippen LogP contribution in [0, 0.1) is 0 Å². The monoisotopic (exact) mass is 262 g/mol. The van der Waals surface area contributed by atoms with Gasteiger partial charge in [-0.1, -0.05) is 0 Å². The third-order valence-corrected chi connectivity index (χ3v) is 3.08. The minimum absolute atomic E-state index is 0.0380. The molecule has 1 aliphatic rings. The van der Waals surface area contributed by atoms with Crippen molar-refractivity contribution in [2.45, 2.75) is 19.3 Å². The molecule has 0 spiro atoms. The van der Waals surface area contributed by atoms with Crippen LogP contribution in [0.15, 0.2) is 18.2 Å². The highest BCUT2D eigenvalue weighted by molar-refractivity contribution is 5.97. The Morgan fingerprint density at radius 1 is 1.42 bits per heavy atom. The standard InChI is InChI=1S/C14H18N2O3/c1-19-8-7-15-14(18)11-5-6-12-10(9-11)3-2-4-13(17)16-12/h5-6,9H,2-4,7-8H2,1H3,(H,15,18)(H,16,17). The normalized spacial score (nSPS) is 14.3. The summed E-state index contributed by atoms with van der Waals surface area (Å²) in [6.07, 6.45) is 2.16. The number of methoxy groups -OCH3 is 1. The molecule has 1 aromatic carbocycles. The lowest BCUT2D eigenvalue weighted by molar-refractivity contribution is -0.116. The quantitative estimate of drug-likeness (QED) is 0.805. The fraction of sp³-hybridized carbons (Fsp3) is 0.429. The predicted octanol–water partition coefficient (Wildman–Crippen LogP) is 1.34. The lowest BCUT2D eigenvalue weighted by Crippen LogP contribution is -2.27. The van der Waals surface area contributed by atoms with Gasteiger partial charge in [0.2, 0.25) is 5.91 Å². The van der Waals surface area contributed by atoms with E-state index in [1.807, 2.05) is 6.07 Å². The number of hydrogen-bond donors (Lipinski definition) is 2. The first-order valence-corrected chi connectivity index (χ1v) is 6.40. The van der Waals surface area contributed by atoms with Gasteiger partial charge in [-0.05, 0) is 36.6 Å². The molecule has 0 radical (unpaired) electrons. The number of anilines is 1. The van der Waals surface area contributed by atoms with Gasteiger partial charge in [0.1, 0.15) is 0 Å². The van der Waals surface area contributed by atoms with Gasteiger partial charge in [-0.2, -0.15) is 0 Å². The first-order chi connectivity index (χ1) is 9.20. The second-order valence-corrected chi connectivity index (χ2v) is 4.52. The molecule has 0 fully saturated rings. The van der Waals surface area contributed by atoms with Crippen molar-refractivity contribution in [1.82, 2.24) is 5.32 Å². The van der Waals surface area contributed by atoms with Gasteiger partial charge < -0.3 is 15.4 Å². The van der Waals surface area contributed by atoms with Crippen molar-refractivity contribution in [3.05, 3.63) is 29.3 Å². The Kier molecular flexibility index (Phi) is 4.52. The number of fused-ring (bicyclic) bond motifs is 1. The van der Waals surface area contributed by atoms with E-state index in [4.69, 9.17) is 4.74 Å². The van der Waals surface area contributed by atoms with E-state index in [1.165, 1.54) is 0 Å². The molecule has 0 atom stereocenters. The van der Waals surface area contributed by atoms with E-state index in [1.54, 1.807) is 19.2 Å². The van der Waals surface area contributed by atoms with Crippen LogP contribution in [0.1, 0.15) is 28.8 Å². The molecule has 5 heteroatoms. The molecule has 1 heterocycles. The summed E-state index contributed by atoms with van der Waals surface area (Å²) in [5, 5.41) is 5.63. The van der Waals surface area contributed by atoms with E-state index in [9.17, 15) is 9.59 Å². The molecular weight excluding hydrogens is 244 g/mol. The largest absolute Gasteiger partial charge is 0.383 e. The first kappa shape index (κ1) is 13.5. The highest BCUT2D eigenvalue weighted by Gasteiger charge is 2.14. The van der Waals surface area contributed by atoms with Crippen molar-refractivity contribution < 1.29 is 14.3 Å². The van der Waals surface area contributed by atoms with Crippen LogP contribution in [-0.2, 0) is 16.0 Å². The summed E-state index contributed by atoms with van der Waals surface area (Å²) in [4.78, 5) is 23.3. The van der Waals surface area contributed by atoms with Crippen LogP contribution in [-0.4, -0.2) is 32.1 Å². The summed E-state index contributed by atoms with van der Waals surface area (Å²) in [6, 6.07) is 5.37. The minimum Gasteiger partial charge on any atom is -0.383 e. The van der Waals surface area contributed by atoms with E-state index in [0.717, 1.165) is 24.1 Å². The molecule has 0 saturated carbocycles. The molecule has 0 unspecified atom stereocenters. The van der Waals surface area contributed by atoms with Crippen molar-refractivity contribution in [2.24, 2.45) is 0 Å². The van der Waals surface area contributed by atoms with Gasteiger partial charge in [-0.25, -0.2) is 0 Å². The van der Waals surface area contributed by atoms with Crippen molar-refractivity contribution >= 4 is 17.5 Å². The zero-order chi connectivity index (χ0) is 13.7. The molecular formula is C14H18N2O3. The first-order valence-electron chi connectivity index (χ1n) is 6.40. The van der Waals surface area contributed by atoms with Crippen LogP contribution < -0.4 is 10.6 Å². The smallest absolute Gasteiger partial charge is 0.251 e. The van der Waals surface area contributed by atoms with E-state index in [0.29, 0.717) is 25.1 Å². The number of aryl methyl sites for hydroxylation is 1. The number of rotatable bonds is 4. The third kappa shape index (κ3) is 3.54. The van der Waals surface area contributed by atoms with E-state index in [2.05, 4.69) is 10.6 Å². The number of ether oxygens (including phenoxy) is 1. The Bertz CT molecular complexity index is 486. The number of amides is 2. The molecule has 0 aliphatic carbocycles. The summed E-state index contributed by atoms with van der Waals surface area (Å²) in [6.45, 7) is 0.982. The summed E-state index contributed by atoms with van der Waals surface area (Å²) < 4.78 is 4.88. The highest BCUT2D eigenvalue weighted by atomic mass is 16.5. The van der Waals surface area contributed by atoms with E-state index in [-0.39, 0.29) is 11.8 Å². The van der Waals surface area contributed by atoms with Crippen LogP contribution in [0.4, 0.5) is 5.69 Å².